The molecule has 0 rings (SSSR count). The summed E-state index contributed by atoms with van der Waals surface area (Å²) < 4.78 is 68.3. The first kappa shape index (κ1) is 89.5. The fourth-order valence-electron chi connectivity index (χ4n) is 10.6. The third-order valence-corrected chi connectivity index (χ3v) is 18.3. The van der Waals surface area contributed by atoms with E-state index in [0.717, 1.165) is 115 Å². The van der Waals surface area contributed by atoms with E-state index in [9.17, 15) is 43.2 Å². The van der Waals surface area contributed by atoms with Crippen LogP contribution in [0.3, 0.4) is 0 Å². The van der Waals surface area contributed by atoms with Gasteiger partial charge in [0, 0.05) is 25.7 Å². The molecule has 3 N–H and O–H groups in total. The van der Waals surface area contributed by atoms with Crippen molar-refractivity contribution in [2.45, 2.75) is 374 Å². The van der Waals surface area contributed by atoms with Crippen molar-refractivity contribution in [3.63, 3.8) is 0 Å². The van der Waals surface area contributed by atoms with Crippen molar-refractivity contribution in [2.75, 3.05) is 39.6 Å². The number of aliphatic hydroxyl groups excluding tert-OH is 1. The molecule has 0 heterocycles. The molecule has 17 nitrogen and oxygen atoms in total. The topological polar surface area (TPSA) is 237 Å². The molecule has 5 atom stereocenters. The Morgan fingerprint density at radius 3 is 0.891 bits per heavy atom. The van der Waals surface area contributed by atoms with Crippen LogP contribution in [0, 0.1) is 5.92 Å². The number of carbonyl (C=O) groups excluding carboxylic acids is 4. The molecule has 0 saturated carbocycles. The van der Waals surface area contributed by atoms with Crippen LogP contribution in [0.1, 0.15) is 356 Å². The maximum atomic E-state index is 13.0. The number of esters is 4. The molecule has 0 amide bonds. The van der Waals surface area contributed by atoms with Crippen molar-refractivity contribution >= 4 is 39.5 Å². The van der Waals surface area contributed by atoms with Gasteiger partial charge in [-0.2, -0.15) is 0 Å². The molecule has 0 aromatic rings. The summed E-state index contributed by atoms with van der Waals surface area (Å²) in [6, 6.07) is 0. The van der Waals surface area contributed by atoms with Crippen molar-refractivity contribution in [1.82, 2.24) is 0 Å². The molecular formula is C73H138O17P2. The minimum atomic E-state index is -4.96. The van der Waals surface area contributed by atoms with Crippen LogP contribution >= 0.6 is 15.6 Å². The van der Waals surface area contributed by atoms with Crippen LogP contribution in [0.25, 0.3) is 0 Å². The minimum absolute atomic E-state index is 0.101. The molecule has 0 radical (unpaired) electrons. The molecule has 2 unspecified atom stereocenters. The Labute approximate surface area is 561 Å². The van der Waals surface area contributed by atoms with Crippen LogP contribution < -0.4 is 0 Å². The standard InChI is InChI=1S/C73H138O17P2/c1-6-9-12-15-18-21-24-26-28-30-32-34-37-43-48-53-58-72(77)89-68(62-84-71(76)57-52-47-42-36-33-31-29-27-25-22-19-16-13-10-7-2)64-87-91(79,80)85-60-67(74)61-86-92(81,82)88-65-69(63-83-70(75)56-51-46-41-35-23-20-17-14-11-8-3)90-73(78)59-54-49-44-39-38-40-45-50-55-66(4)5/h22,25,27,29,66-69,74H,6-21,23-24,26,28,30-65H2,1-5H3,(H,79,80)(H,81,82)/b25-22-,29-27-/t67-,68-,69-/m1/s1. The molecule has 0 fully saturated rings. The summed E-state index contributed by atoms with van der Waals surface area (Å²) in [6.07, 6.45) is 56.3. The number of carbonyl (C=O) groups is 4. The van der Waals surface area contributed by atoms with Crippen molar-refractivity contribution in [2.24, 2.45) is 5.92 Å². The predicted molar refractivity (Wildman–Crippen MR) is 372 cm³/mol. The summed E-state index contributed by atoms with van der Waals surface area (Å²) in [5, 5.41) is 10.6. The van der Waals surface area contributed by atoms with Gasteiger partial charge in [0.15, 0.2) is 12.2 Å². The first-order valence-electron chi connectivity index (χ1n) is 37.5. The van der Waals surface area contributed by atoms with E-state index in [1.807, 2.05) is 0 Å². The van der Waals surface area contributed by atoms with Gasteiger partial charge in [0.25, 0.3) is 0 Å². The number of hydrogen-bond acceptors (Lipinski definition) is 15. The lowest BCUT2D eigenvalue weighted by atomic mass is 10.0. The van der Waals surface area contributed by atoms with Crippen LogP contribution in [-0.4, -0.2) is 96.7 Å². The highest BCUT2D eigenvalue weighted by Gasteiger charge is 2.30. The number of aliphatic hydroxyl groups is 1. The Balaban J connectivity index is 5.27. The highest BCUT2D eigenvalue weighted by molar-refractivity contribution is 7.47. The maximum absolute atomic E-state index is 13.0. The van der Waals surface area contributed by atoms with Gasteiger partial charge in [-0.15, -0.1) is 0 Å². The predicted octanol–water partition coefficient (Wildman–Crippen LogP) is 20.9. The van der Waals surface area contributed by atoms with Crippen LogP contribution in [-0.2, 0) is 65.4 Å². The summed E-state index contributed by atoms with van der Waals surface area (Å²) in [5.74, 6) is -1.43. The molecule has 0 aromatic carbocycles. The normalized spacial score (nSPS) is 14.2. The lowest BCUT2D eigenvalue weighted by Crippen LogP contribution is -2.30. The van der Waals surface area contributed by atoms with Gasteiger partial charge in [-0.25, -0.2) is 9.13 Å². The molecule has 19 heteroatoms. The molecule has 0 saturated heterocycles. The Bertz CT molecular complexity index is 1860. The fraction of sp³-hybridized carbons (Fsp3) is 0.890. The van der Waals surface area contributed by atoms with Gasteiger partial charge in [-0.1, -0.05) is 303 Å². The van der Waals surface area contributed by atoms with E-state index in [1.165, 1.54) is 161 Å². The summed E-state index contributed by atoms with van der Waals surface area (Å²) in [4.78, 5) is 72.6. The zero-order chi connectivity index (χ0) is 67.7. The smallest absolute Gasteiger partial charge is 0.462 e. The number of ether oxygens (including phenoxy) is 4. The average Bonchev–Trinajstić information content (AvgIpc) is 2.32. The number of phosphoric acid groups is 2. The second-order valence-corrected chi connectivity index (χ2v) is 29.0. The lowest BCUT2D eigenvalue weighted by molar-refractivity contribution is -0.161. The zero-order valence-corrected chi connectivity index (χ0v) is 61.0. The van der Waals surface area contributed by atoms with Gasteiger partial charge >= 0.3 is 39.5 Å². The van der Waals surface area contributed by atoms with Crippen molar-refractivity contribution in [3.8, 4) is 0 Å². The minimum Gasteiger partial charge on any atom is -0.462 e. The molecule has 92 heavy (non-hydrogen) atoms. The lowest BCUT2D eigenvalue weighted by Gasteiger charge is -2.21. The number of rotatable bonds is 71. The highest BCUT2D eigenvalue weighted by Crippen LogP contribution is 2.45. The summed E-state index contributed by atoms with van der Waals surface area (Å²) in [7, 11) is -9.91. The summed E-state index contributed by atoms with van der Waals surface area (Å²) >= 11 is 0. The van der Waals surface area contributed by atoms with Crippen molar-refractivity contribution in [1.29, 1.82) is 0 Å². The van der Waals surface area contributed by atoms with Crippen LogP contribution in [0.5, 0.6) is 0 Å². The maximum Gasteiger partial charge on any atom is 0.472 e. The first-order valence-corrected chi connectivity index (χ1v) is 40.4. The first-order chi connectivity index (χ1) is 44.5. The zero-order valence-electron chi connectivity index (χ0n) is 59.2. The Kier molecular flexibility index (Phi) is 64.0. The molecule has 542 valence electrons. The molecular weight excluding hydrogens is 1210 g/mol. The fourth-order valence-corrected chi connectivity index (χ4v) is 12.2. The van der Waals surface area contributed by atoms with Gasteiger partial charge in [0.2, 0.25) is 0 Å². The molecule has 0 aromatic heterocycles. The van der Waals surface area contributed by atoms with Crippen molar-refractivity contribution in [3.05, 3.63) is 24.3 Å². The average molecular weight is 1350 g/mol. The monoisotopic (exact) mass is 1350 g/mol. The number of unbranched alkanes of at least 4 members (excludes halogenated alkanes) is 40. The van der Waals surface area contributed by atoms with Crippen LogP contribution in [0.2, 0.25) is 0 Å². The second-order valence-electron chi connectivity index (χ2n) is 26.1. The van der Waals surface area contributed by atoms with Crippen LogP contribution in [0.4, 0.5) is 0 Å². The largest absolute Gasteiger partial charge is 0.472 e. The van der Waals surface area contributed by atoms with E-state index in [0.29, 0.717) is 25.7 Å². The Morgan fingerprint density at radius 1 is 0.337 bits per heavy atom. The second kappa shape index (κ2) is 65.8. The Morgan fingerprint density at radius 2 is 0.587 bits per heavy atom. The number of hydrogen-bond donors (Lipinski definition) is 3. The SMILES string of the molecule is CCCCCC/C=C\C=C/CCCCCCCC(=O)OC[C@H](COP(=O)(O)OC[C@@H](O)COP(=O)(O)OC[C@@H](COC(=O)CCCCCCCCCCCC)OC(=O)CCCCCCCCCCC(C)C)OC(=O)CCCCCCCCCCCCCCCCCC. The summed E-state index contributed by atoms with van der Waals surface area (Å²) in [6.45, 7) is 7.15. The van der Waals surface area contributed by atoms with Gasteiger partial charge in [-0.3, -0.25) is 37.3 Å². The summed E-state index contributed by atoms with van der Waals surface area (Å²) in [5.41, 5.74) is 0. The van der Waals surface area contributed by atoms with Gasteiger partial charge in [0.05, 0.1) is 26.4 Å². The molecule has 0 spiro atoms. The van der Waals surface area contributed by atoms with Gasteiger partial charge in [0.1, 0.15) is 19.3 Å². The van der Waals surface area contributed by atoms with Crippen molar-refractivity contribution < 1.29 is 80.2 Å². The van der Waals surface area contributed by atoms with E-state index in [2.05, 4.69) is 58.9 Å². The van der Waals surface area contributed by atoms with Gasteiger partial charge in [-0.05, 0) is 57.3 Å². The Hall–Kier alpha value is -2.46. The third-order valence-electron chi connectivity index (χ3n) is 16.4. The van der Waals surface area contributed by atoms with E-state index in [-0.39, 0.29) is 25.7 Å². The van der Waals surface area contributed by atoms with Crippen LogP contribution in [0.15, 0.2) is 24.3 Å². The van der Waals surface area contributed by atoms with E-state index in [4.69, 9.17) is 37.0 Å². The molecule has 0 aliphatic heterocycles. The molecule has 0 aliphatic rings. The van der Waals surface area contributed by atoms with E-state index >= 15 is 0 Å². The van der Waals surface area contributed by atoms with Gasteiger partial charge < -0.3 is 33.8 Å². The number of phosphoric ester groups is 2. The van der Waals surface area contributed by atoms with E-state index in [1.54, 1.807) is 0 Å². The molecule has 0 aliphatic carbocycles. The highest BCUT2D eigenvalue weighted by atomic mass is 31.2. The number of allylic oxidation sites excluding steroid dienone is 4. The van der Waals surface area contributed by atoms with E-state index < -0.39 is 97.5 Å². The third kappa shape index (κ3) is 66.2. The molecule has 0 bridgehead atoms. The quantitative estimate of drug-likeness (QED) is 0.0169.